The van der Waals surface area contributed by atoms with E-state index in [0.29, 0.717) is 17.7 Å². The Balaban J connectivity index is 2.11. The average Bonchev–Trinajstić information content (AvgIpc) is 2.89. The van der Waals surface area contributed by atoms with Crippen molar-refractivity contribution in [1.29, 1.82) is 0 Å². The van der Waals surface area contributed by atoms with Gasteiger partial charge in [0.1, 0.15) is 6.61 Å². The van der Waals surface area contributed by atoms with E-state index < -0.39 is 0 Å². The molecule has 6 nitrogen and oxygen atoms in total. The first-order chi connectivity index (χ1) is 10.1. The summed E-state index contributed by atoms with van der Waals surface area (Å²) in [4.78, 5) is 17.9. The summed E-state index contributed by atoms with van der Waals surface area (Å²) in [5, 5.41) is 12.8. The fourth-order valence-electron chi connectivity index (χ4n) is 1.89. The second kappa shape index (κ2) is 6.68. The van der Waals surface area contributed by atoms with Gasteiger partial charge < -0.3 is 10.0 Å². The normalized spacial score (nSPS) is 9.86. The van der Waals surface area contributed by atoms with Crippen molar-refractivity contribution in [2.45, 2.75) is 6.54 Å². The lowest BCUT2D eigenvalue weighted by atomic mass is 10.2. The first-order valence-electron chi connectivity index (χ1n) is 6.38. The lowest BCUT2D eigenvalue weighted by molar-refractivity contribution is 0.0784. The number of nitrogens with zero attached hydrogens (tertiary/aromatic N) is 4. The van der Waals surface area contributed by atoms with Crippen molar-refractivity contribution in [3.8, 4) is 11.8 Å². The zero-order valence-corrected chi connectivity index (χ0v) is 11.9. The van der Waals surface area contributed by atoms with Gasteiger partial charge in [-0.15, -0.1) is 0 Å². The molecule has 2 rings (SSSR count). The highest BCUT2D eigenvalue weighted by Gasteiger charge is 2.13. The summed E-state index contributed by atoms with van der Waals surface area (Å²) in [6.07, 6.45) is 6.66. The molecule has 0 spiro atoms. The third-order valence-corrected chi connectivity index (χ3v) is 2.82. The second-order valence-electron chi connectivity index (χ2n) is 4.61. The van der Waals surface area contributed by atoms with Gasteiger partial charge in [0, 0.05) is 50.4 Å². The Bertz CT molecular complexity index is 697. The zero-order chi connectivity index (χ0) is 15.2. The molecule has 0 aliphatic heterocycles. The number of rotatable bonds is 3. The lowest BCUT2D eigenvalue weighted by Crippen LogP contribution is -2.26. The van der Waals surface area contributed by atoms with E-state index in [2.05, 4.69) is 21.9 Å². The Morgan fingerprint density at radius 1 is 1.43 bits per heavy atom. The van der Waals surface area contributed by atoms with Gasteiger partial charge in [-0.3, -0.25) is 14.5 Å². The molecule has 21 heavy (non-hydrogen) atoms. The molecular weight excluding hydrogens is 268 g/mol. The summed E-state index contributed by atoms with van der Waals surface area (Å²) >= 11 is 0. The number of aliphatic hydroxyl groups excluding tert-OH is 1. The lowest BCUT2D eigenvalue weighted by Gasteiger charge is -2.16. The minimum Gasteiger partial charge on any atom is -0.384 e. The van der Waals surface area contributed by atoms with Crippen LogP contribution in [0.15, 0.2) is 30.9 Å². The molecule has 0 atom stereocenters. The molecule has 0 aliphatic rings. The monoisotopic (exact) mass is 284 g/mol. The molecule has 2 aromatic rings. The summed E-state index contributed by atoms with van der Waals surface area (Å²) in [6, 6.07) is 1.66. The Kier molecular flexibility index (Phi) is 4.69. The molecule has 6 heteroatoms. The van der Waals surface area contributed by atoms with Gasteiger partial charge in [0.15, 0.2) is 0 Å². The minimum atomic E-state index is -0.223. The van der Waals surface area contributed by atoms with Gasteiger partial charge >= 0.3 is 0 Å². The molecule has 0 saturated heterocycles. The Morgan fingerprint density at radius 2 is 2.24 bits per heavy atom. The van der Waals surface area contributed by atoms with Gasteiger partial charge in [0.05, 0.1) is 11.8 Å². The largest absolute Gasteiger partial charge is 0.384 e. The van der Waals surface area contributed by atoms with Crippen molar-refractivity contribution >= 4 is 5.91 Å². The number of hydrogen-bond donors (Lipinski definition) is 1. The topological polar surface area (TPSA) is 71.2 Å². The number of aliphatic hydroxyl groups is 1. The third-order valence-electron chi connectivity index (χ3n) is 2.82. The summed E-state index contributed by atoms with van der Waals surface area (Å²) in [6.45, 7) is 0.248. The fraction of sp³-hybridized carbons (Fsp3) is 0.267. The van der Waals surface area contributed by atoms with Gasteiger partial charge in [-0.2, -0.15) is 5.10 Å². The van der Waals surface area contributed by atoms with Crippen LogP contribution in [-0.2, 0) is 13.6 Å². The highest BCUT2D eigenvalue weighted by molar-refractivity contribution is 5.94. The molecule has 0 fully saturated rings. The number of amides is 1. The Hall–Kier alpha value is -2.65. The summed E-state index contributed by atoms with van der Waals surface area (Å²) in [5.41, 5.74) is 2.02. The van der Waals surface area contributed by atoms with E-state index in [1.165, 1.54) is 6.20 Å². The Labute approximate surface area is 123 Å². The van der Waals surface area contributed by atoms with E-state index in [-0.39, 0.29) is 12.5 Å². The van der Waals surface area contributed by atoms with Crippen LogP contribution in [0.1, 0.15) is 21.5 Å². The molecule has 2 heterocycles. The Morgan fingerprint density at radius 3 is 2.90 bits per heavy atom. The van der Waals surface area contributed by atoms with Gasteiger partial charge in [-0.25, -0.2) is 0 Å². The molecular formula is C15H16N4O2. The standard InChI is InChI=1S/C15H16N4O2/c1-18(10-13-8-17-19(2)11-13)15(21)14-6-12(4-3-5-20)7-16-9-14/h6-9,11,20H,5,10H2,1-2H3. The van der Waals surface area contributed by atoms with Gasteiger partial charge in [0.2, 0.25) is 0 Å². The molecule has 1 amide bonds. The SMILES string of the molecule is CN(Cc1cnn(C)c1)C(=O)c1cncc(C#CCO)c1. The number of aromatic nitrogens is 3. The molecule has 0 saturated carbocycles. The van der Waals surface area contributed by atoms with Crippen LogP contribution in [0, 0.1) is 11.8 Å². The first kappa shape index (κ1) is 14.8. The van der Waals surface area contributed by atoms with E-state index >= 15 is 0 Å². The maximum Gasteiger partial charge on any atom is 0.255 e. The second-order valence-corrected chi connectivity index (χ2v) is 4.61. The molecule has 108 valence electrons. The number of hydrogen-bond acceptors (Lipinski definition) is 4. The summed E-state index contributed by atoms with van der Waals surface area (Å²) in [5.74, 6) is 5.13. The van der Waals surface area contributed by atoms with Crippen molar-refractivity contribution in [3.63, 3.8) is 0 Å². The van der Waals surface area contributed by atoms with Crippen LogP contribution < -0.4 is 0 Å². The van der Waals surface area contributed by atoms with Crippen LogP contribution in [0.2, 0.25) is 0 Å². The number of carbonyl (C=O) groups is 1. The first-order valence-corrected chi connectivity index (χ1v) is 6.38. The maximum atomic E-state index is 12.3. The molecule has 1 N–H and O–H groups in total. The predicted molar refractivity (Wildman–Crippen MR) is 77.2 cm³/mol. The quantitative estimate of drug-likeness (QED) is 0.830. The molecule has 0 aromatic carbocycles. The van der Waals surface area contributed by atoms with Crippen molar-refractivity contribution in [1.82, 2.24) is 19.7 Å². The average molecular weight is 284 g/mol. The van der Waals surface area contributed by atoms with Crippen molar-refractivity contribution < 1.29 is 9.90 Å². The van der Waals surface area contributed by atoms with E-state index in [1.807, 2.05) is 13.2 Å². The van der Waals surface area contributed by atoms with Gasteiger partial charge in [-0.1, -0.05) is 11.8 Å². The summed E-state index contributed by atoms with van der Waals surface area (Å²) in [7, 11) is 3.56. The van der Waals surface area contributed by atoms with Crippen LogP contribution >= 0.6 is 0 Å². The van der Waals surface area contributed by atoms with Crippen LogP contribution in [0.25, 0.3) is 0 Å². The van der Waals surface area contributed by atoms with E-state index in [0.717, 1.165) is 5.56 Å². The predicted octanol–water partition coefficient (Wildman–Crippen LogP) is 0.431. The summed E-state index contributed by atoms with van der Waals surface area (Å²) < 4.78 is 1.69. The van der Waals surface area contributed by atoms with Crippen LogP contribution in [-0.4, -0.2) is 44.3 Å². The van der Waals surface area contributed by atoms with Crippen LogP contribution in [0.4, 0.5) is 0 Å². The highest BCUT2D eigenvalue weighted by Crippen LogP contribution is 2.08. The third kappa shape index (κ3) is 3.91. The molecule has 0 radical (unpaired) electrons. The van der Waals surface area contributed by atoms with E-state index in [4.69, 9.17) is 5.11 Å². The van der Waals surface area contributed by atoms with Crippen molar-refractivity contribution in [2.24, 2.45) is 7.05 Å². The molecule has 2 aromatic heterocycles. The molecule has 0 aliphatic carbocycles. The van der Waals surface area contributed by atoms with Crippen molar-refractivity contribution in [3.05, 3.63) is 47.5 Å². The molecule has 0 unspecified atom stereocenters. The number of carbonyl (C=O) groups excluding carboxylic acids is 1. The van der Waals surface area contributed by atoms with Crippen LogP contribution in [0.3, 0.4) is 0 Å². The van der Waals surface area contributed by atoms with E-state index in [9.17, 15) is 4.79 Å². The van der Waals surface area contributed by atoms with Crippen LogP contribution in [0.5, 0.6) is 0 Å². The van der Waals surface area contributed by atoms with Gasteiger partial charge in [-0.05, 0) is 6.07 Å². The van der Waals surface area contributed by atoms with Gasteiger partial charge in [0.25, 0.3) is 5.91 Å². The minimum absolute atomic E-state index is 0.140. The number of aryl methyl sites for hydroxylation is 1. The van der Waals surface area contributed by atoms with Crippen molar-refractivity contribution in [2.75, 3.05) is 13.7 Å². The molecule has 0 bridgehead atoms. The fourth-order valence-corrected chi connectivity index (χ4v) is 1.89. The number of pyridine rings is 1. The highest BCUT2D eigenvalue weighted by atomic mass is 16.2. The smallest absolute Gasteiger partial charge is 0.255 e. The zero-order valence-electron chi connectivity index (χ0n) is 11.9. The maximum absolute atomic E-state index is 12.3. The van der Waals surface area contributed by atoms with E-state index in [1.54, 1.807) is 35.1 Å².